The molecule has 0 unspecified atom stereocenters. The number of halogens is 3. The van der Waals surface area contributed by atoms with Crippen molar-refractivity contribution < 1.29 is 17.2 Å². The monoisotopic (exact) mass is 362 g/mol. The SMILES string of the molecule is Nc1ccc(S(=O)(=O)Nc2ccc(Br)cc2F)cc1F. The minimum Gasteiger partial charge on any atom is -0.396 e. The van der Waals surface area contributed by atoms with E-state index < -0.39 is 21.7 Å². The molecular formula is C12H9BrF2N2O2S. The molecule has 0 radical (unpaired) electrons. The highest BCUT2D eigenvalue weighted by Gasteiger charge is 2.17. The van der Waals surface area contributed by atoms with Crippen LogP contribution in [0.5, 0.6) is 0 Å². The molecule has 8 heteroatoms. The second-order valence-electron chi connectivity index (χ2n) is 3.91. The Hall–Kier alpha value is -1.67. The molecule has 2 aromatic rings. The zero-order valence-electron chi connectivity index (χ0n) is 9.90. The van der Waals surface area contributed by atoms with E-state index in [1.165, 1.54) is 12.1 Å². The average molecular weight is 363 g/mol. The molecule has 0 aliphatic carbocycles. The van der Waals surface area contributed by atoms with E-state index in [-0.39, 0.29) is 16.3 Å². The van der Waals surface area contributed by atoms with Crippen LogP contribution < -0.4 is 10.5 Å². The fourth-order valence-electron chi connectivity index (χ4n) is 1.45. The quantitative estimate of drug-likeness (QED) is 0.824. The minimum absolute atomic E-state index is 0.168. The molecule has 0 heterocycles. The summed E-state index contributed by atoms with van der Waals surface area (Å²) in [5.74, 6) is -1.61. The summed E-state index contributed by atoms with van der Waals surface area (Å²) in [7, 11) is -4.09. The van der Waals surface area contributed by atoms with Crippen molar-refractivity contribution in [2.24, 2.45) is 0 Å². The van der Waals surface area contributed by atoms with Gasteiger partial charge in [0.15, 0.2) is 0 Å². The number of hydrogen-bond acceptors (Lipinski definition) is 3. The van der Waals surface area contributed by atoms with Crippen LogP contribution in [-0.2, 0) is 10.0 Å². The van der Waals surface area contributed by atoms with Crippen molar-refractivity contribution in [2.75, 3.05) is 10.5 Å². The Balaban J connectivity index is 2.38. The highest BCUT2D eigenvalue weighted by Crippen LogP contribution is 2.23. The maximum absolute atomic E-state index is 13.6. The number of hydrogen-bond donors (Lipinski definition) is 2. The van der Waals surface area contributed by atoms with Crippen LogP contribution in [0.3, 0.4) is 0 Å². The van der Waals surface area contributed by atoms with E-state index in [0.717, 1.165) is 24.3 Å². The lowest BCUT2D eigenvalue weighted by Crippen LogP contribution is -2.14. The van der Waals surface area contributed by atoms with Gasteiger partial charge >= 0.3 is 0 Å². The van der Waals surface area contributed by atoms with Gasteiger partial charge in [0.2, 0.25) is 0 Å². The zero-order valence-corrected chi connectivity index (χ0v) is 12.3. The van der Waals surface area contributed by atoms with Crippen LogP contribution in [0.2, 0.25) is 0 Å². The van der Waals surface area contributed by atoms with Gasteiger partial charge in [0.25, 0.3) is 10.0 Å². The molecule has 2 rings (SSSR count). The summed E-state index contributed by atoms with van der Waals surface area (Å²) in [6, 6.07) is 6.88. The van der Waals surface area contributed by atoms with Gasteiger partial charge in [-0.15, -0.1) is 0 Å². The van der Waals surface area contributed by atoms with Crippen molar-refractivity contribution in [2.45, 2.75) is 4.90 Å². The molecule has 0 aromatic heterocycles. The van der Waals surface area contributed by atoms with Gasteiger partial charge in [-0.3, -0.25) is 4.72 Å². The summed E-state index contributed by atoms with van der Waals surface area (Å²) in [6.07, 6.45) is 0. The maximum atomic E-state index is 13.6. The first-order valence-electron chi connectivity index (χ1n) is 5.32. The standard InChI is InChI=1S/C12H9BrF2N2O2S/c13-7-1-4-12(10(15)5-7)17-20(18,19)8-2-3-11(16)9(14)6-8/h1-6,17H,16H2. The predicted octanol–water partition coefficient (Wildman–Crippen LogP) is 3.11. The molecule has 0 aliphatic rings. The Bertz CT molecular complexity index is 766. The van der Waals surface area contributed by atoms with Gasteiger partial charge in [0, 0.05) is 4.47 Å². The molecule has 2 aromatic carbocycles. The third kappa shape index (κ3) is 3.07. The minimum atomic E-state index is -4.09. The van der Waals surface area contributed by atoms with E-state index in [9.17, 15) is 17.2 Å². The van der Waals surface area contributed by atoms with Crippen molar-refractivity contribution in [1.29, 1.82) is 0 Å². The van der Waals surface area contributed by atoms with Gasteiger partial charge in [0.05, 0.1) is 16.3 Å². The molecule has 20 heavy (non-hydrogen) atoms. The second-order valence-corrected chi connectivity index (χ2v) is 6.51. The van der Waals surface area contributed by atoms with Gasteiger partial charge in [-0.1, -0.05) is 15.9 Å². The first-order chi connectivity index (χ1) is 9.29. The van der Waals surface area contributed by atoms with Crippen molar-refractivity contribution in [3.8, 4) is 0 Å². The van der Waals surface area contributed by atoms with Gasteiger partial charge in [-0.25, -0.2) is 17.2 Å². The smallest absolute Gasteiger partial charge is 0.262 e. The molecule has 0 saturated heterocycles. The van der Waals surface area contributed by atoms with Crippen LogP contribution in [0.15, 0.2) is 45.8 Å². The highest BCUT2D eigenvalue weighted by molar-refractivity contribution is 9.10. The fraction of sp³-hybridized carbons (Fsp3) is 0. The van der Waals surface area contributed by atoms with Crippen LogP contribution in [-0.4, -0.2) is 8.42 Å². The zero-order chi connectivity index (χ0) is 14.9. The molecular weight excluding hydrogens is 354 g/mol. The summed E-state index contributed by atoms with van der Waals surface area (Å²) >= 11 is 3.06. The Labute approximate surface area is 122 Å². The number of benzene rings is 2. The Kier molecular flexibility index (Phi) is 3.96. The van der Waals surface area contributed by atoms with E-state index >= 15 is 0 Å². The van der Waals surface area contributed by atoms with E-state index in [4.69, 9.17) is 5.73 Å². The topological polar surface area (TPSA) is 72.2 Å². The number of rotatable bonds is 3. The first-order valence-corrected chi connectivity index (χ1v) is 7.60. The fourth-order valence-corrected chi connectivity index (χ4v) is 2.86. The number of nitrogen functional groups attached to an aromatic ring is 1. The van der Waals surface area contributed by atoms with Crippen molar-refractivity contribution >= 4 is 37.3 Å². The van der Waals surface area contributed by atoms with Crippen LogP contribution in [0, 0.1) is 11.6 Å². The molecule has 0 saturated carbocycles. The van der Waals surface area contributed by atoms with Gasteiger partial charge in [-0.05, 0) is 36.4 Å². The molecule has 0 atom stereocenters. The third-order valence-corrected chi connectivity index (χ3v) is 4.31. The lowest BCUT2D eigenvalue weighted by Gasteiger charge is -2.09. The third-order valence-electron chi connectivity index (χ3n) is 2.46. The molecule has 0 bridgehead atoms. The Morgan fingerprint density at radius 1 is 1.05 bits per heavy atom. The molecule has 0 fully saturated rings. The summed E-state index contributed by atoms with van der Waals surface area (Å²) in [6.45, 7) is 0. The van der Waals surface area contributed by atoms with E-state index in [0.29, 0.717) is 4.47 Å². The molecule has 4 nitrogen and oxygen atoms in total. The van der Waals surface area contributed by atoms with Crippen molar-refractivity contribution in [1.82, 2.24) is 0 Å². The van der Waals surface area contributed by atoms with Crippen LogP contribution in [0.1, 0.15) is 0 Å². The lowest BCUT2D eigenvalue weighted by molar-refractivity contribution is 0.594. The van der Waals surface area contributed by atoms with E-state index in [2.05, 4.69) is 15.9 Å². The molecule has 0 spiro atoms. The summed E-state index contributed by atoms with van der Waals surface area (Å²) in [5, 5.41) is 0. The van der Waals surface area contributed by atoms with Gasteiger partial charge in [0.1, 0.15) is 11.6 Å². The molecule has 0 amide bonds. The number of sulfonamides is 1. The van der Waals surface area contributed by atoms with Crippen LogP contribution in [0.4, 0.5) is 20.2 Å². The largest absolute Gasteiger partial charge is 0.396 e. The summed E-state index contributed by atoms with van der Waals surface area (Å²) in [4.78, 5) is -0.341. The second kappa shape index (κ2) is 5.37. The van der Waals surface area contributed by atoms with Gasteiger partial charge in [-0.2, -0.15) is 0 Å². The number of nitrogens with two attached hydrogens (primary N) is 1. The molecule has 3 N–H and O–H groups in total. The normalized spacial score (nSPS) is 11.3. The Morgan fingerprint density at radius 2 is 1.75 bits per heavy atom. The van der Waals surface area contributed by atoms with Crippen molar-refractivity contribution in [3.63, 3.8) is 0 Å². The van der Waals surface area contributed by atoms with Crippen molar-refractivity contribution in [3.05, 3.63) is 52.5 Å². The summed E-state index contributed by atoms with van der Waals surface area (Å²) in [5.41, 5.74) is 4.87. The maximum Gasteiger partial charge on any atom is 0.262 e. The molecule has 0 aliphatic heterocycles. The lowest BCUT2D eigenvalue weighted by atomic mass is 10.3. The highest BCUT2D eigenvalue weighted by atomic mass is 79.9. The predicted molar refractivity (Wildman–Crippen MR) is 75.7 cm³/mol. The van der Waals surface area contributed by atoms with Gasteiger partial charge < -0.3 is 5.73 Å². The van der Waals surface area contributed by atoms with Crippen LogP contribution in [0.25, 0.3) is 0 Å². The van der Waals surface area contributed by atoms with E-state index in [1.807, 2.05) is 4.72 Å². The Morgan fingerprint density at radius 3 is 2.35 bits per heavy atom. The molecule has 106 valence electrons. The van der Waals surface area contributed by atoms with Crippen LogP contribution >= 0.6 is 15.9 Å². The summed E-state index contributed by atoms with van der Waals surface area (Å²) < 4.78 is 53.4. The van der Waals surface area contributed by atoms with E-state index in [1.54, 1.807) is 0 Å². The average Bonchev–Trinajstić information content (AvgIpc) is 2.36. The number of nitrogens with one attached hydrogen (secondary N) is 1. The number of anilines is 2. The first kappa shape index (κ1) is 14.7.